The van der Waals surface area contributed by atoms with Gasteiger partial charge in [-0.25, -0.2) is 9.97 Å². The van der Waals surface area contributed by atoms with Crippen LogP contribution < -0.4 is 0 Å². The number of aryl methyl sites for hydroxylation is 1. The van der Waals surface area contributed by atoms with E-state index in [0.29, 0.717) is 17.0 Å². The first-order chi connectivity index (χ1) is 26.4. The number of phenolic OH excluding ortho intramolecular Hbond substituents is 1. The first-order valence-electron chi connectivity index (χ1n) is 18.9. The molecule has 0 amide bonds. The Hall–Kier alpha value is -6.33. The second-order valence-corrected chi connectivity index (χ2v) is 16.4. The van der Waals surface area contributed by atoms with Crippen LogP contribution in [-0.4, -0.2) is 24.6 Å². The third-order valence-electron chi connectivity index (χ3n) is 10.5. The van der Waals surface area contributed by atoms with Crippen LogP contribution in [0.15, 0.2) is 146 Å². The van der Waals surface area contributed by atoms with E-state index in [0.717, 1.165) is 72.5 Å². The third-order valence-corrected chi connectivity index (χ3v) is 10.5. The summed E-state index contributed by atoms with van der Waals surface area (Å²) in [7, 11) is 0. The van der Waals surface area contributed by atoms with Crippen LogP contribution in [-0.2, 0) is 10.8 Å². The zero-order valence-corrected chi connectivity index (χ0v) is 32.6. The van der Waals surface area contributed by atoms with Crippen molar-refractivity contribution in [3.8, 4) is 67.5 Å². The Labute approximate surface area is 324 Å². The highest BCUT2D eigenvalue weighted by molar-refractivity contribution is 5.95. The van der Waals surface area contributed by atoms with Crippen LogP contribution in [0.2, 0.25) is 0 Å². The molecule has 0 bridgehead atoms. The summed E-state index contributed by atoms with van der Waals surface area (Å²) in [5.74, 6) is 0.869. The SMILES string of the molecule is Cc1cnc(-c2cccc(-c3ccnc4c3nc(-c3cc(C(C)(C)C)cc(C(C)(C)C)c3O)n4-c3ccccc3-c3ccccc3)c2)cc1-c1ccccc1. The van der Waals surface area contributed by atoms with Gasteiger partial charge in [0.15, 0.2) is 11.5 Å². The Balaban J connectivity index is 1.39. The number of phenols is 1. The van der Waals surface area contributed by atoms with Gasteiger partial charge in [-0.1, -0.05) is 145 Å². The lowest BCUT2D eigenvalue weighted by Gasteiger charge is -2.27. The molecule has 0 radical (unpaired) electrons. The van der Waals surface area contributed by atoms with Crippen molar-refractivity contribution in [3.63, 3.8) is 0 Å². The lowest BCUT2D eigenvalue weighted by molar-refractivity contribution is 0.446. The molecule has 5 aromatic carbocycles. The molecular formula is C50H46N4O. The molecule has 0 spiro atoms. The van der Waals surface area contributed by atoms with Crippen LogP contribution in [0.3, 0.4) is 0 Å². The molecule has 8 aromatic rings. The Morgan fingerprint density at radius 2 is 1.18 bits per heavy atom. The van der Waals surface area contributed by atoms with E-state index in [1.165, 1.54) is 0 Å². The fraction of sp³-hybridized carbons (Fsp3) is 0.180. The first kappa shape index (κ1) is 35.7. The van der Waals surface area contributed by atoms with Gasteiger partial charge in [-0.2, -0.15) is 0 Å². The molecule has 0 atom stereocenters. The average Bonchev–Trinajstić information content (AvgIpc) is 3.57. The zero-order chi connectivity index (χ0) is 38.5. The molecular weight excluding hydrogens is 673 g/mol. The molecule has 0 aliphatic heterocycles. The maximum atomic E-state index is 12.2. The number of nitrogens with zero attached hydrogens (tertiary/aromatic N) is 4. The van der Waals surface area contributed by atoms with E-state index >= 15 is 0 Å². The fourth-order valence-corrected chi connectivity index (χ4v) is 7.41. The van der Waals surface area contributed by atoms with Gasteiger partial charge in [0.05, 0.1) is 16.9 Å². The lowest BCUT2D eigenvalue weighted by Crippen LogP contribution is -2.17. The van der Waals surface area contributed by atoms with E-state index in [4.69, 9.17) is 15.0 Å². The molecule has 0 saturated heterocycles. The van der Waals surface area contributed by atoms with Gasteiger partial charge in [0.2, 0.25) is 0 Å². The maximum Gasteiger partial charge on any atom is 0.165 e. The van der Waals surface area contributed by atoms with Gasteiger partial charge in [-0.3, -0.25) is 9.55 Å². The summed E-state index contributed by atoms with van der Waals surface area (Å²) in [5, 5.41) is 12.2. The number of fused-ring (bicyclic) bond motifs is 1. The van der Waals surface area contributed by atoms with E-state index in [9.17, 15) is 5.11 Å². The third kappa shape index (κ3) is 6.72. The molecule has 55 heavy (non-hydrogen) atoms. The Kier molecular flexibility index (Phi) is 8.97. The minimum absolute atomic E-state index is 0.171. The number of aromatic nitrogens is 4. The number of pyridine rings is 2. The highest BCUT2D eigenvalue weighted by atomic mass is 16.3. The Morgan fingerprint density at radius 3 is 1.87 bits per heavy atom. The van der Waals surface area contributed by atoms with Crippen molar-refractivity contribution in [1.82, 2.24) is 19.5 Å². The summed E-state index contributed by atoms with van der Waals surface area (Å²) < 4.78 is 2.13. The number of para-hydroxylation sites is 1. The largest absolute Gasteiger partial charge is 0.507 e. The van der Waals surface area contributed by atoms with E-state index < -0.39 is 0 Å². The van der Waals surface area contributed by atoms with Crippen LogP contribution in [0.1, 0.15) is 58.2 Å². The molecule has 272 valence electrons. The predicted molar refractivity (Wildman–Crippen MR) is 228 cm³/mol. The molecule has 0 fully saturated rings. The predicted octanol–water partition coefficient (Wildman–Crippen LogP) is 12.8. The van der Waals surface area contributed by atoms with Crippen LogP contribution in [0.5, 0.6) is 5.75 Å². The standard InChI is InChI=1S/C50H46N4O/c1-32-31-52-43(30-40(32)34-19-12-9-13-20-34)36-22-16-21-35(27-36)39-25-26-51-48-45(39)53-47(41-28-37(49(2,3)4)29-42(46(41)55)50(5,6)7)54(48)44-24-15-14-23-38(44)33-17-10-8-11-18-33/h8-31,55H,1-7H3. The van der Waals surface area contributed by atoms with Crippen molar-refractivity contribution in [2.24, 2.45) is 0 Å². The van der Waals surface area contributed by atoms with E-state index in [1.54, 1.807) is 0 Å². The van der Waals surface area contributed by atoms with Crippen LogP contribution in [0.25, 0.3) is 72.9 Å². The maximum absolute atomic E-state index is 12.2. The number of aromatic hydroxyl groups is 1. The van der Waals surface area contributed by atoms with Crippen LogP contribution >= 0.6 is 0 Å². The molecule has 8 rings (SSSR count). The smallest absolute Gasteiger partial charge is 0.165 e. The first-order valence-corrected chi connectivity index (χ1v) is 18.9. The number of hydrogen-bond donors (Lipinski definition) is 1. The summed E-state index contributed by atoms with van der Waals surface area (Å²) in [6.45, 7) is 15.2. The van der Waals surface area contributed by atoms with Gasteiger partial charge < -0.3 is 5.11 Å². The van der Waals surface area contributed by atoms with Crippen molar-refractivity contribution in [2.45, 2.75) is 59.3 Å². The lowest BCUT2D eigenvalue weighted by atomic mass is 9.79. The number of imidazole rings is 1. The second-order valence-electron chi connectivity index (χ2n) is 16.4. The topological polar surface area (TPSA) is 63.8 Å². The van der Waals surface area contributed by atoms with Crippen molar-refractivity contribution in [1.29, 1.82) is 0 Å². The normalized spacial score (nSPS) is 12.0. The van der Waals surface area contributed by atoms with Crippen molar-refractivity contribution >= 4 is 11.2 Å². The molecule has 0 unspecified atom stereocenters. The molecule has 0 aliphatic carbocycles. The second kappa shape index (κ2) is 13.8. The highest BCUT2D eigenvalue weighted by Gasteiger charge is 2.29. The summed E-state index contributed by atoms with van der Waals surface area (Å²) in [4.78, 5) is 15.4. The minimum Gasteiger partial charge on any atom is -0.507 e. The quantitative estimate of drug-likeness (QED) is 0.186. The Morgan fingerprint density at radius 1 is 0.545 bits per heavy atom. The number of hydrogen-bond acceptors (Lipinski definition) is 4. The van der Waals surface area contributed by atoms with E-state index in [1.807, 2.05) is 30.6 Å². The van der Waals surface area contributed by atoms with Crippen LogP contribution in [0.4, 0.5) is 0 Å². The Bertz CT molecular complexity index is 2680. The summed E-state index contributed by atoms with van der Waals surface area (Å²) in [6, 6.07) is 46.2. The van der Waals surface area contributed by atoms with Gasteiger partial charge >= 0.3 is 0 Å². The van der Waals surface area contributed by atoms with Gasteiger partial charge in [-0.05, 0) is 81.5 Å². The average molecular weight is 719 g/mol. The highest BCUT2D eigenvalue weighted by Crippen LogP contribution is 2.45. The van der Waals surface area contributed by atoms with Gasteiger partial charge in [0.25, 0.3) is 0 Å². The van der Waals surface area contributed by atoms with Gasteiger partial charge in [-0.15, -0.1) is 0 Å². The minimum atomic E-state index is -0.312. The molecule has 0 aliphatic rings. The molecule has 5 heteroatoms. The molecule has 0 saturated carbocycles. The van der Waals surface area contributed by atoms with E-state index in [-0.39, 0.29) is 16.6 Å². The molecule has 1 N–H and O–H groups in total. The fourth-order valence-electron chi connectivity index (χ4n) is 7.41. The van der Waals surface area contributed by atoms with E-state index in [2.05, 4.69) is 168 Å². The van der Waals surface area contributed by atoms with Gasteiger partial charge in [0, 0.05) is 34.6 Å². The molecule has 3 aromatic heterocycles. The number of rotatable bonds is 6. The van der Waals surface area contributed by atoms with Gasteiger partial charge in [0.1, 0.15) is 11.3 Å². The van der Waals surface area contributed by atoms with Crippen LogP contribution in [0, 0.1) is 6.92 Å². The monoisotopic (exact) mass is 718 g/mol. The zero-order valence-electron chi connectivity index (χ0n) is 32.6. The molecule has 5 nitrogen and oxygen atoms in total. The number of benzene rings is 5. The van der Waals surface area contributed by atoms with Crippen molar-refractivity contribution in [3.05, 3.63) is 163 Å². The molecule has 3 heterocycles. The summed E-state index contributed by atoms with van der Waals surface area (Å²) in [6.07, 6.45) is 3.82. The summed E-state index contributed by atoms with van der Waals surface area (Å²) in [5.41, 5.74) is 14.0. The summed E-state index contributed by atoms with van der Waals surface area (Å²) >= 11 is 0. The van der Waals surface area contributed by atoms with Crippen molar-refractivity contribution < 1.29 is 5.11 Å². The van der Waals surface area contributed by atoms with Crippen molar-refractivity contribution in [2.75, 3.05) is 0 Å².